The third-order valence-corrected chi connectivity index (χ3v) is 3.19. The van der Waals surface area contributed by atoms with Crippen LogP contribution in [0.5, 0.6) is 0 Å². The van der Waals surface area contributed by atoms with Gasteiger partial charge in [0.15, 0.2) is 0 Å². The number of rotatable bonds is 1. The second-order valence-electron chi connectivity index (χ2n) is 4.40. The highest BCUT2D eigenvalue weighted by Crippen LogP contribution is 2.36. The van der Waals surface area contributed by atoms with Crippen molar-refractivity contribution < 1.29 is 4.79 Å². The molecule has 1 amide bonds. The minimum Gasteiger partial charge on any atom is -0.399 e. The third-order valence-electron chi connectivity index (χ3n) is 3.19. The molecule has 0 bridgehead atoms. The summed E-state index contributed by atoms with van der Waals surface area (Å²) < 4.78 is 0. The molecule has 2 aliphatic rings. The summed E-state index contributed by atoms with van der Waals surface area (Å²) in [4.78, 5) is 13.9. The fraction of sp³-hybridized carbons (Fsp3) is 0.417. The average molecular weight is 202 g/mol. The molecule has 0 atom stereocenters. The number of carbonyl (C=O) groups is 1. The molecule has 1 fully saturated rings. The lowest BCUT2D eigenvalue weighted by Crippen LogP contribution is -2.30. The van der Waals surface area contributed by atoms with Crippen molar-refractivity contribution in [3.63, 3.8) is 0 Å². The lowest BCUT2D eigenvalue weighted by atomic mass is 10.1. The molecule has 1 aliphatic carbocycles. The van der Waals surface area contributed by atoms with E-state index in [1.54, 1.807) is 0 Å². The second-order valence-corrected chi connectivity index (χ2v) is 4.40. The van der Waals surface area contributed by atoms with E-state index in [-0.39, 0.29) is 0 Å². The van der Waals surface area contributed by atoms with Gasteiger partial charge in [-0.15, -0.1) is 0 Å². The maximum atomic E-state index is 11.9. The van der Waals surface area contributed by atoms with E-state index < -0.39 is 0 Å². The third kappa shape index (κ3) is 1.39. The van der Waals surface area contributed by atoms with Gasteiger partial charge in [-0.25, -0.2) is 0 Å². The summed E-state index contributed by atoms with van der Waals surface area (Å²) in [6, 6.07) is 5.82. The molecule has 0 radical (unpaired) electrons. The number of anilines is 2. The molecule has 3 nitrogen and oxygen atoms in total. The number of hydrogen-bond donors (Lipinski definition) is 1. The van der Waals surface area contributed by atoms with Crippen molar-refractivity contribution in [2.45, 2.75) is 19.3 Å². The van der Waals surface area contributed by atoms with Crippen LogP contribution >= 0.6 is 0 Å². The quantitative estimate of drug-likeness (QED) is 0.702. The first-order chi connectivity index (χ1) is 7.25. The molecule has 3 rings (SSSR count). The Morgan fingerprint density at radius 1 is 1.40 bits per heavy atom. The lowest BCUT2D eigenvalue weighted by molar-refractivity contribution is -0.119. The smallest absolute Gasteiger partial charge is 0.230 e. The molecule has 1 saturated carbocycles. The van der Waals surface area contributed by atoms with Crippen LogP contribution in [0.3, 0.4) is 0 Å². The maximum absolute atomic E-state index is 11.9. The first kappa shape index (κ1) is 8.77. The van der Waals surface area contributed by atoms with E-state index >= 15 is 0 Å². The minimum atomic E-state index is 0.300. The van der Waals surface area contributed by atoms with Crippen molar-refractivity contribution in [2.24, 2.45) is 5.92 Å². The van der Waals surface area contributed by atoms with Gasteiger partial charge in [0.1, 0.15) is 0 Å². The number of carbonyl (C=O) groups excluding carboxylic acids is 1. The van der Waals surface area contributed by atoms with Crippen LogP contribution in [0.25, 0.3) is 0 Å². The first-order valence-corrected chi connectivity index (χ1v) is 5.45. The molecule has 1 aromatic rings. The molecule has 1 aromatic carbocycles. The Hall–Kier alpha value is -1.51. The Bertz CT molecular complexity index is 424. The van der Waals surface area contributed by atoms with E-state index in [1.165, 1.54) is 5.56 Å². The van der Waals surface area contributed by atoms with E-state index in [0.29, 0.717) is 11.8 Å². The topological polar surface area (TPSA) is 46.3 Å². The van der Waals surface area contributed by atoms with Crippen molar-refractivity contribution in [2.75, 3.05) is 17.2 Å². The van der Waals surface area contributed by atoms with Gasteiger partial charge in [0.05, 0.1) is 0 Å². The summed E-state index contributed by atoms with van der Waals surface area (Å²) in [5.41, 5.74) is 8.79. The summed E-state index contributed by atoms with van der Waals surface area (Å²) in [5, 5.41) is 0. The molecule has 78 valence electrons. The van der Waals surface area contributed by atoms with Gasteiger partial charge < -0.3 is 10.6 Å². The van der Waals surface area contributed by atoms with Crippen molar-refractivity contribution >= 4 is 17.3 Å². The summed E-state index contributed by atoms with van der Waals surface area (Å²) >= 11 is 0. The number of hydrogen-bond acceptors (Lipinski definition) is 2. The number of benzene rings is 1. The number of nitrogens with zero attached hydrogens (tertiary/aromatic N) is 1. The molecule has 1 aliphatic heterocycles. The predicted octanol–water partition coefficient (Wildman–Crippen LogP) is 1.57. The van der Waals surface area contributed by atoms with E-state index in [2.05, 4.69) is 0 Å². The molecule has 1 heterocycles. The zero-order chi connectivity index (χ0) is 10.4. The van der Waals surface area contributed by atoms with E-state index in [4.69, 9.17) is 5.73 Å². The fourth-order valence-corrected chi connectivity index (χ4v) is 2.20. The van der Waals surface area contributed by atoms with Crippen LogP contribution in [0.2, 0.25) is 0 Å². The van der Waals surface area contributed by atoms with E-state index in [9.17, 15) is 4.79 Å². The zero-order valence-electron chi connectivity index (χ0n) is 8.57. The van der Waals surface area contributed by atoms with Gasteiger partial charge in [0, 0.05) is 23.8 Å². The molecule has 15 heavy (non-hydrogen) atoms. The SMILES string of the molecule is Nc1ccc2c(c1)CCN2C(=O)C1CC1. The van der Waals surface area contributed by atoms with Crippen LogP contribution in [-0.2, 0) is 11.2 Å². The van der Waals surface area contributed by atoms with E-state index in [0.717, 1.165) is 37.2 Å². The monoisotopic (exact) mass is 202 g/mol. The van der Waals surface area contributed by atoms with Crippen LogP contribution in [0, 0.1) is 5.92 Å². The predicted molar refractivity (Wildman–Crippen MR) is 59.6 cm³/mol. The normalized spacial score (nSPS) is 19.1. The van der Waals surface area contributed by atoms with Crippen molar-refractivity contribution in [1.29, 1.82) is 0 Å². The van der Waals surface area contributed by atoms with Crippen LogP contribution in [0.1, 0.15) is 18.4 Å². The van der Waals surface area contributed by atoms with Gasteiger partial charge in [-0.3, -0.25) is 4.79 Å². The minimum absolute atomic E-state index is 0.300. The highest BCUT2D eigenvalue weighted by Gasteiger charge is 2.36. The average Bonchev–Trinajstić information content (AvgIpc) is 2.98. The van der Waals surface area contributed by atoms with Gasteiger partial charge in [-0.05, 0) is 43.0 Å². The summed E-state index contributed by atoms with van der Waals surface area (Å²) in [5.74, 6) is 0.604. The van der Waals surface area contributed by atoms with Crippen molar-refractivity contribution in [1.82, 2.24) is 0 Å². The van der Waals surface area contributed by atoms with Crippen LogP contribution in [0.15, 0.2) is 18.2 Å². The second kappa shape index (κ2) is 2.99. The molecule has 0 aromatic heterocycles. The molecule has 0 unspecified atom stereocenters. The maximum Gasteiger partial charge on any atom is 0.230 e. The van der Waals surface area contributed by atoms with E-state index in [1.807, 2.05) is 23.1 Å². The molecule has 3 heteroatoms. The van der Waals surface area contributed by atoms with Gasteiger partial charge in [-0.2, -0.15) is 0 Å². The molecule has 2 N–H and O–H groups in total. The Balaban J connectivity index is 1.93. The lowest BCUT2D eigenvalue weighted by Gasteiger charge is -2.16. The Morgan fingerprint density at radius 3 is 2.93 bits per heavy atom. The Kier molecular flexibility index (Phi) is 1.75. The number of nitrogen functional groups attached to an aromatic ring is 1. The van der Waals surface area contributed by atoms with Gasteiger partial charge >= 0.3 is 0 Å². The summed E-state index contributed by atoms with van der Waals surface area (Å²) in [6.07, 6.45) is 3.08. The van der Waals surface area contributed by atoms with Crippen molar-refractivity contribution in [3.05, 3.63) is 23.8 Å². The zero-order valence-corrected chi connectivity index (χ0v) is 8.57. The van der Waals surface area contributed by atoms with Gasteiger partial charge in [-0.1, -0.05) is 0 Å². The highest BCUT2D eigenvalue weighted by atomic mass is 16.2. The molecule has 0 spiro atoms. The summed E-state index contributed by atoms with van der Waals surface area (Å²) in [6.45, 7) is 0.828. The standard InChI is InChI=1S/C12H14N2O/c13-10-3-4-11-9(7-10)5-6-14(11)12(15)8-1-2-8/h3-4,7-8H,1-2,5-6,13H2. The molecular weight excluding hydrogens is 188 g/mol. The summed E-state index contributed by atoms with van der Waals surface area (Å²) in [7, 11) is 0. The highest BCUT2D eigenvalue weighted by molar-refractivity contribution is 5.98. The van der Waals surface area contributed by atoms with Gasteiger partial charge in [0.2, 0.25) is 5.91 Å². The largest absolute Gasteiger partial charge is 0.399 e. The van der Waals surface area contributed by atoms with Crippen LogP contribution < -0.4 is 10.6 Å². The Labute approximate surface area is 88.9 Å². The first-order valence-electron chi connectivity index (χ1n) is 5.45. The number of amides is 1. The van der Waals surface area contributed by atoms with Crippen LogP contribution in [-0.4, -0.2) is 12.5 Å². The molecular formula is C12H14N2O. The fourth-order valence-electron chi connectivity index (χ4n) is 2.20. The number of nitrogens with two attached hydrogens (primary N) is 1. The van der Waals surface area contributed by atoms with Gasteiger partial charge in [0.25, 0.3) is 0 Å². The number of fused-ring (bicyclic) bond motifs is 1. The Morgan fingerprint density at radius 2 is 2.20 bits per heavy atom. The van der Waals surface area contributed by atoms with Crippen LogP contribution in [0.4, 0.5) is 11.4 Å². The molecule has 0 saturated heterocycles. The van der Waals surface area contributed by atoms with Crippen molar-refractivity contribution in [3.8, 4) is 0 Å².